The fourth-order valence-electron chi connectivity index (χ4n) is 12.6. The molecule has 224 valence electrons. The molecule has 0 aliphatic heterocycles. The van der Waals surface area contributed by atoms with E-state index in [1.165, 1.54) is 19.3 Å². The van der Waals surface area contributed by atoms with Gasteiger partial charge < -0.3 is 14.6 Å². The number of rotatable bonds is 5. The predicted molar refractivity (Wildman–Crippen MR) is 157 cm³/mol. The normalized spacial score (nSPS) is 52.8. The van der Waals surface area contributed by atoms with Crippen LogP contribution < -0.4 is 0 Å². The Hall–Kier alpha value is -0.610. The van der Waals surface area contributed by atoms with Crippen molar-refractivity contribution in [1.29, 1.82) is 0 Å². The van der Waals surface area contributed by atoms with Crippen molar-refractivity contribution in [3.63, 3.8) is 0 Å². The van der Waals surface area contributed by atoms with Crippen LogP contribution in [0.25, 0.3) is 0 Å². The first-order valence-corrected chi connectivity index (χ1v) is 16.6. The molecule has 0 spiro atoms. The Labute approximate surface area is 239 Å². The molecular weight excluding hydrogens is 484 g/mol. The number of ether oxygens (including phenoxy) is 2. The van der Waals surface area contributed by atoms with E-state index in [1.807, 2.05) is 0 Å². The van der Waals surface area contributed by atoms with Gasteiger partial charge in [0, 0.05) is 12.0 Å². The largest absolute Gasteiger partial charge is 0.481 e. The van der Waals surface area contributed by atoms with E-state index in [1.54, 1.807) is 0 Å². The van der Waals surface area contributed by atoms with Crippen molar-refractivity contribution < 1.29 is 19.4 Å². The van der Waals surface area contributed by atoms with Gasteiger partial charge in [0.25, 0.3) is 0 Å². The molecule has 5 aliphatic rings. The molecule has 5 aliphatic carbocycles. The van der Waals surface area contributed by atoms with Crippen molar-refractivity contribution in [2.45, 2.75) is 145 Å². The maximum atomic E-state index is 13.1. The van der Waals surface area contributed by atoms with E-state index in [9.17, 15) is 9.90 Å². The van der Waals surface area contributed by atoms with Crippen molar-refractivity contribution >= 4 is 5.97 Å². The van der Waals surface area contributed by atoms with Crippen molar-refractivity contribution in [2.75, 3.05) is 6.61 Å². The highest BCUT2D eigenvalue weighted by Gasteiger charge is 2.74. The average molecular weight is 545 g/mol. The topological polar surface area (TPSA) is 55.8 Å². The Morgan fingerprint density at radius 3 is 2.21 bits per heavy atom. The van der Waals surface area contributed by atoms with E-state index >= 15 is 0 Å². The summed E-state index contributed by atoms with van der Waals surface area (Å²) in [5.41, 5.74) is -0.0402. The highest BCUT2D eigenvalue weighted by atomic mass is 16.5. The second kappa shape index (κ2) is 9.72. The molecule has 5 saturated carbocycles. The van der Waals surface area contributed by atoms with Crippen LogP contribution in [0.4, 0.5) is 0 Å². The summed E-state index contributed by atoms with van der Waals surface area (Å²) in [7, 11) is 0. The SMILES string of the molecule is CCOC1CC2C(C)(C)C(OC(C)C)CCC2(C)C2CCC3C4C(C)C(C)CCC4(C(=O)O)CCC3(C)C12C. The lowest BCUT2D eigenvalue weighted by molar-refractivity contribution is -0.299. The number of carboxylic acids is 1. The molecule has 0 radical (unpaired) electrons. The van der Waals surface area contributed by atoms with Gasteiger partial charge in [-0.15, -0.1) is 0 Å². The van der Waals surface area contributed by atoms with E-state index in [2.05, 4.69) is 69.2 Å². The Bertz CT molecular complexity index is 943. The lowest BCUT2D eigenvalue weighted by Crippen LogP contribution is -2.72. The molecule has 0 bridgehead atoms. The number of carboxylic acid groups (broad SMARTS) is 1. The first-order valence-electron chi connectivity index (χ1n) is 16.6. The summed E-state index contributed by atoms with van der Waals surface area (Å²) in [4.78, 5) is 13.1. The summed E-state index contributed by atoms with van der Waals surface area (Å²) in [6.45, 7) is 24.9. The lowest BCUT2D eigenvalue weighted by Gasteiger charge is -2.75. The number of fused-ring (bicyclic) bond motifs is 7. The van der Waals surface area contributed by atoms with Crippen LogP contribution >= 0.6 is 0 Å². The van der Waals surface area contributed by atoms with E-state index in [-0.39, 0.29) is 39.8 Å². The van der Waals surface area contributed by atoms with Gasteiger partial charge in [-0.25, -0.2) is 0 Å². The smallest absolute Gasteiger partial charge is 0.309 e. The summed E-state index contributed by atoms with van der Waals surface area (Å²) in [6, 6.07) is 0. The molecular formula is C35H60O4. The molecule has 4 nitrogen and oxygen atoms in total. The van der Waals surface area contributed by atoms with E-state index in [0.717, 1.165) is 45.1 Å². The summed E-state index contributed by atoms with van der Waals surface area (Å²) < 4.78 is 13.5. The predicted octanol–water partition coefficient (Wildman–Crippen LogP) is 8.62. The van der Waals surface area contributed by atoms with Crippen LogP contribution in [-0.4, -0.2) is 36.0 Å². The van der Waals surface area contributed by atoms with E-state index in [4.69, 9.17) is 9.47 Å². The minimum absolute atomic E-state index is 0.0457. The first kappa shape index (κ1) is 29.9. The zero-order valence-electron chi connectivity index (χ0n) is 26.9. The Kier molecular flexibility index (Phi) is 7.44. The minimum Gasteiger partial charge on any atom is -0.481 e. The lowest BCUT2D eigenvalue weighted by atomic mass is 9.30. The summed E-state index contributed by atoms with van der Waals surface area (Å²) in [6.07, 6.45) is 10.4. The highest BCUT2D eigenvalue weighted by Crippen LogP contribution is 2.77. The molecule has 0 saturated heterocycles. The molecule has 12 unspecified atom stereocenters. The van der Waals surface area contributed by atoms with Crippen LogP contribution in [0.5, 0.6) is 0 Å². The molecule has 0 aromatic rings. The first-order chi connectivity index (χ1) is 18.1. The van der Waals surface area contributed by atoms with Gasteiger partial charge in [-0.1, -0.05) is 48.5 Å². The maximum Gasteiger partial charge on any atom is 0.309 e. The van der Waals surface area contributed by atoms with Gasteiger partial charge in [-0.3, -0.25) is 4.79 Å². The van der Waals surface area contributed by atoms with Gasteiger partial charge in [0.1, 0.15) is 0 Å². The zero-order chi connectivity index (χ0) is 28.8. The molecule has 1 N–H and O–H groups in total. The van der Waals surface area contributed by atoms with Crippen LogP contribution in [0.3, 0.4) is 0 Å². The molecule has 5 rings (SSSR count). The monoisotopic (exact) mass is 544 g/mol. The van der Waals surface area contributed by atoms with Gasteiger partial charge in [-0.2, -0.15) is 0 Å². The third-order valence-electron chi connectivity index (χ3n) is 14.8. The highest BCUT2D eigenvalue weighted by molar-refractivity contribution is 5.75. The van der Waals surface area contributed by atoms with E-state index in [0.29, 0.717) is 35.7 Å². The fraction of sp³-hybridized carbons (Fsp3) is 0.971. The van der Waals surface area contributed by atoms with E-state index < -0.39 is 11.4 Å². The third-order valence-corrected chi connectivity index (χ3v) is 14.8. The van der Waals surface area contributed by atoms with Gasteiger partial charge >= 0.3 is 5.97 Å². The number of carbonyl (C=O) groups is 1. The standard InChI is InChI=1S/C35H60O4/c1-11-38-28-20-26-31(6,7)27(39-21(2)3)15-16-32(26,8)25-13-12-24-29-23(5)22(4)14-17-35(29,30(36)37)19-18-33(24,9)34(25,28)10/h21-29H,11-20H2,1-10H3,(H,36,37). The molecule has 12 atom stereocenters. The van der Waals surface area contributed by atoms with Gasteiger partial charge in [0.15, 0.2) is 0 Å². The van der Waals surface area contributed by atoms with Crippen molar-refractivity contribution in [3.05, 3.63) is 0 Å². The fourth-order valence-corrected chi connectivity index (χ4v) is 12.6. The minimum atomic E-state index is -0.532. The van der Waals surface area contributed by atoms with Crippen LogP contribution in [-0.2, 0) is 14.3 Å². The van der Waals surface area contributed by atoms with Crippen molar-refractivity contribution in [1.82, 2.24) is 0 Å². The number of hydrogen-bond donors (Lipinski definition) is 1. The van der Waals surface area contributed by atoms with Crippen LogP contribution in [0.2, 0.25) is 0 Å². The van der Waals surface area contributed by atoms with Crippen LogP contribution in [0.1, 0.15) is 127 Å². The maximum absolute atomic E-state index is 13.1. The molecule has 0 aromatic carbocycles. The van der Waals surface area contributed by atoms with Crippen LogP contribution in [0, 0.1) is 62.6 Å². The Morgan fingerprint density at radius 2 is 1.59 bits per heavy atom. The Balaban J connectivity index is 1.59. The second-order valence-corrected chi connectivity index (χ2v) is 16.6. The number of hydrogen-bond acceptors (Lipinski definition) is 3. The zero-order valence-corrected chi connectivity index (χ0v) is 26.9. The molecule has 0 heterocycles. The van der Waals surface area contributed by atoms with Gasteiger partial charge in [0.2, 0.25) is 0 Å². The van der Waals surface area contributed by atoms with Gasteiger partial charge in [-0.05, 0) is 130 Å². The summed E-state index contributed by atoms with van der Waals surface area (Å²) in [5.74, 6) is 2.43. The molecule has 0 amide bonds. The Morgan fingerprint density at radius 1 is 0.897 bits per heavy atom. The van der Waals surface area contributed by atoms with Crippen LogP contribution in [0.15, 0.2) is 0 Å². The molecule has 4 heteroatoms. The number of aliphatic carboxylic acids is 1. The molecule has 5 fully saturated rings. The molecule has 0 aromatic heterocycles. The van der Waals surface area contributed by atoms with Gasteiger partial charge in [0.05, 0.1) is 23.7 Å². The summed E-state index contributed by atoms with van der Waals surface area (Å²) in [5, 5.41) is 10.7. The van der Waals surface area contributed by atoms with Crippen molar-refractivity contribution in [2.24, 2.45) is 62.6 Å². The van der Waals surface area contributed by atoms with Crippen molar-refractivity contribution in [3.8, 4) is 0 Å². The molecule has 39 heavy (non-hydrogen) atoms. The second-order valence-electron chi connectivity index (χ2n) is 16.6. The average Bonchev–Trinajstić information content (AvgIpc) is 2.85. The summed E-state index contributed by atoms with van der Waals surface area (Å²) >= 11 is 0. The third kappa shape index (κ3) is 3.91. The quantitative estimate of drug-likeness (QED) is 0.376.